The number of carbonyl (C=O) groups excluding carboxylic acids is 1. The molecule has 1 aliphatic rings. The van der Waals surface area contributed by atoms with Crippen LogP contribution in [0.15, 0.2) is 48.7 Å². The summed E-state index contributed by atoms with van der Waals surface area (Å²) >= 11 is 0. The van der Waals surface area contributed by atoms with Gasteiger partial charge in [-0.2, -0.15) is 0 Å². The van der Waals surface area contributed by atoms with E-state index >= 15 is 0 Å². The molecular formula is C18H15FN4O3. The Morgan fingerprint density at radius 2 is 2.04 bits per heavy atom. The predicted octanol–water partition coefficient (Wildman–Crippen LogP) is 3.01. The van der Waals surface area contributed by atoms with Gasteiger partial charge in [0.25, 0.3) is 0 Å². The molecule has 1 aromatic heterocycles. The van der Waals surface area contributed by atoms with Gasteiger partial charge in [-0.25, -0.2) is 9.07 Å². The number of anilines is 1. The van der Waals surface area contributed by atoms with Crippen molar-refractivity contribution in [2.75, 3.05) is 12.1 Å². The van der Waals surface area contributed by atoms with Crippen molar-refractivity contribution in [3.63, 3.8) is 0 Å². The fourth-order valence-electron chi connectivity index (χ4n) is 2.60. The van der Waals surface area contributed by atoms with E-state index < -0.39 is 11.9 Å². The zero-order valence-corrected chi connectivity index (χ0v) is 13.8. The minimum Gasteiger partial charge on any atom is -0.454 e. The molecular weight excluding hydrogens is 339 g/mol. The molecule has 7 nitrogen and oxygen atoms in total. The van der Waals surface area contributed by atoms with Crippen LogP contribution in [0, 0.1) is 5.82 Å². The summed E-state index contributed by atoms with van der Waals surface area (Å²) in [6.07, 6.45) is 1.54. The molecule has 1 N–H and O–H groups in total. The summed E-state index contributed by atoms with van der Waals surface area (Å²) in [5.41, 5.74) is 1.29. The molecule has 8 heteroatoms. The molecule has 3 aromatic rings. The number of hydrogen-bond donors (Lipinski definition) is 1. The molecule has 0 saturated carbocycles. The van der Waals surface area contributed by atoms with E-state index in [1.54, 1.807) is 49.5 Å². The lowest BCUT2D eigenvalue weighted by Crippen LogP contribution is -2.24. The summed E-state index contributed by atoms with van der Waals surface area (Å²) in [7, 11) is 0. The fraction of sp³-hybridized carbons (Fsp3) is 0.167. The van der Waals surface area contributed by atoms with Crippen molar-refractivity contribution in [3.8, 4) is 22.8 Å². The third-order valence-corrected chi connectivity index (χ3v) is 4.08. The van der Waals surface area contributed by atoms with Crippen molar-refractivity contribution < 1.29 is 18.7 Å². The topological polar surface area (TPSA) is 78.3 Å². The Bertz CT molecular complexity index is 973. The van der Waals surface area contributed by atoms with E-state index in [2.05, 4.69) is 15.6 Å². The summed E-state index contributed by atoms with van der Waals surface area (Å²) in [4.78, 5) is 12.5. The molecule has 1 aliphatic heterocycles. The van der Waals surface area contributed by atoms with Crippen LogP contribution in [-0.2, 0) is 4.79 Å². The smallest absolute Gasteiger partial charge is 0.249 e. The lowest BCUT2D eigenvalue weighted by atomic mass is 10.1. The normalized spacial score (nSPS) is 13.5. The highest BCUT2D eigenvalue weighted by molar-refractivity contribution is 5.93. The van der Waals surface area contributed by atoms with E-state index in [1.807, 2.05) is 0 Å². The maximum absolute atomic E-state index is 13.9. The van der Waals surface area contributed by atoms with Gasteiger partial charge < -0.3 is 14.8 Å². The van der Waals surface area contributed by atoms with Gasteiger partial charge in [0.1, 0.15) is 17.6 Å². The zero-order chi connectivity index (χ0) is 18.1. The van der Waals surface area contributed by atoms with E-state index in [-0.39, 0.29) is 12.7 Å². The van der Waals surface area contributed by atoms with Crippen LogP contribution in [0.1, 0.15) is 13.0 Å². The quantitative estimate of drug-likeness (QED) is 0.779. The van der Waals surface area contributed by atoms with Crippen molar-refractivity contribution in [2.45, 2.75) is 13.0 Å². The zero-order valence-electron chi connectivity index (χ0n) is 13.8. The number of rotatable bonds is 4. The summed E-state index contributed by atoms with van der Waals surface area (Å²) in [5.74, 6) is 0.547. The molecule has 1 amide bonds. The number of nitrogens with zero attached hydrogens (tertiary/aromatic N) is 3. The SMILES string of the molecule is CC(C(=O)Nc1ccc2c(c1)OCO2)n1cc(-c2ccccc2F)nn1. The second-order valence-corrected chi connectivity index (χ2v) is 5.80. The van der Waals surface area contributed by atoms with E-state index in [0.717, 1.165) is 0 Å². The molecule has 2 heterocycles. The van der Waals surface area contributed by atoms with Crippen LogP contribution in [0.4, 0.5) is 10.1 Å². The summed E-state index contributed by atoms with van der Waals surface area (Å²) < 4.78 is 25.8. The van der Waals surface area contributed by atoms with Gasteiger partial charge in [0.15, 0.2) is 11.5 Å². The van der Waals surface area contributed by atoms with Crippen LogP contribution in [0.5, 0.6) is 11.5 Å². The Hall–Kier alpha value is -3.42. The van der Waals surface area contributed by atoms with Gasteiger partial charge in [-0.3, -0.25) is 4.79 Å². The van der Waals surface area contributed by atoms with E-state index in [9.17, 15) is 9.18 Å². The minimum atomic E-state index is -0.631. The molecule has 1 unspecified atom stereocenters. The summed E-state index contributed by atoms with van der Waals surface area (Å²) in [6.45, 7) is 1.85. The number of benzene rings is 2. The summed E-state index contributed by atoms with van der Waals surface area (Å²) in [5, 5.41) is 10.7. The molecule has 0 aliphatic carbocycles. The molecule has 26 heavy (non-hydrogen) atoms. The Kier molecular flexibility index (Phi) is 4.00. The van der Waals surface area contributed by atoms with Crippen LogP contribution in [0.3, 0.4) is 0 Å². The van der Waals surface area contributed by atoms with Gasteiger partial charge in [0.05, 0.1) is 6.20 Å². The minimum absolute atomic E-state index is 0.168. The monoisotopic (exact) mass is 354 g/mol. The first-order valence-electron chi connectivity index (χ1n) is 7.99. The van der Waals surface area contributed by atoms with Crippen molar-refractivity contribution in [1.29, 1.82) is 0 Å². The Morgan fingerprint density at radius 1 is 1.23 bits per heavy atom. The average Bonchev–Trinajstić information content (AvgIpc) is 3.30. The third kappa shape index (κ3) is 2.97. The highest BCUT2D eigenvalue weighted by atomic mass is 19.1. The molecule has 1 atom stereocenters. The van der Waals surface area contributed by atoms with Gasteiger partial charge >= 0.3 is 0 Å². The molecule has 0 radical (unpaired) electrons. The van der Waals surface area contributed by atoms with Crippen molar-refractivity contribution >= 4 is 11.6 Å². The molecule has 132 valence electrons. The van der Waals surface area contributed by atoms with Crippen LogP contribution in [0.2, 0.25) is 0 Å². The lowest BCUT2D eigenvalue weighted by Gasteiger charge is -2.12. The number of hydrogen-bond acceptors (Lipinski definition) is 5. The van der Waals surface area contributed by atoms with Gasteiger partial charge in [0, 0.05) is 17.3 Å². The second kappa shape index (κ2) is 6.47. The molecule has 0 bridgehead atoms. The van der Waals surface area contributed by atoms with Gasteiger partial charge in [-0.15, -0.1) is 5.10 Å². The summed E-state index contributed by atoms with van der Waals surface area (Å²) in [6, 6.07) is 10.8. The Balaban J connectivity index is 1.50. The highest BCUT2D eigenvalue weighted by Crippen LogP contribution is 2.34. The maximum atomic E-state index is 13.9. The number of fused-ring (bicyclic) bond motifs is 1. The molecule has 0 fully saturated rings. The molecule has 2 aromatic carbocycles. The first kappa shape index (κ1) is 16.1. The number of nitrogens with one attached hydrogen (secondary N) is 1. The average molecular weight is 354 g/mol. The maximum Gasteiger partial charge on any atom is 0.249 e. The molecule has 0 saturated heterocycles. The number of carbonyl (C=O) groups is 1. The van der Waals surface area contributed by atoms with Crippen LogP contribution >= 0.6 is 0 Å². The predicted molar refractivity (Wildman–Crippen MR) is 91.3 cm³/mol. The van der Waals surface area contributed by atoms with E-state index in [4.69, 9.17) is 9.47 Å². The largest absolute Gasteiger partial charge is 0.454 e. The van der Waals surface area contributed by atoms with Crippen molar-refractivity contribution in [3.05, 3.63) is 54.5 Å². The molecule has 0 spiro atoms. The molecule has 4 rings (SSSR count). The fourth-order valence-corrected chi connectivity index (χ4v) is 2.60. The number of halogens is 1. The Morgan fingerprint density at radius 3 is 2.88 bits per heavy atom. The first-order valence-corrected chi connectivity index (χ1v) is 7.99. The van der Waals surface area contributed by atoms with Crippen molar-refractivity contribution in [2.24, 2.45) is 0 Å². The lowest BCUT2D eigenvalue weighted by molar-refractivity contribution is -0.119. The highest BCUT2D eigenvalue weighted by Gasteiger charge is 2.20. The standard InChI is InChI=1S/C18H15FN4O3/c1-11(18(24)20-12-6-7-16-17(8-12)26-10-25-16)23-9-15(21-22-23)13-4-2-3-5-14(13)19/h2-9,11H,10H2,1H3,(H,20,24). The van der Waals surface area contributed by atoms with Gasteiger partial charge in [-0.05, 0) is 31.2 Å². The van der Waals surface area contributed by atoms with Gasteiger partial charge in [0.2, 0.25) is 12.7 Å². The van der Waals surface area contributed by atoms with Gasteiger partial charge in [-0.1, -0.05) is 17.3 Å². The number of aromatic nitrogens is 3. The van der Waals surface area contributed by atoms with Crippen molar-refractivity contribution in [1.82, 2.24) is 15.0 Å². The van der Waals surface area contributed by atoms with Crippen LogP contribution < -0.4 is 14.8 Å². The Labute approximate surface area is 148 Å². The number of amides is 1. The first-order chi connectivity index (χ1) is 12.6. The number of ether oxygens (including phenoxy) is 2. The third-order valence-electron chi connectivity index (χ3n) is 4.08. The van der Waals surface area contributed by atoms with E-state index in [1.165, 1.54) is 10.7 Å². The van der Waals surface area contributed by atoms with Crippen LogP contribution in [-0.4, -0.2) is 27.7 Å². The van der Waals surface area contributed by atoms with Crippen LogP contribution in [0.25, 0.3) is 11.3 Å². The second-order valence-electron chi connectivity index (χ2n) is 5.80. The van der Waals surface area contributed by atoms with E-state index in [0.29, 0.717) is 28.4 Å².